The molecule has 1 N–H and O–H groups in total. The van der Waals surface area contributed by atoms with Crippen LogP contribution in [0, 0.1) is 6.92 Å². The van der Waals surface area contributed by atoms with E-state index in [0.29, 0.717) is 13.1 Å². The Hall–Kier alpha value is -2.08. The molecule has 0 saturated carbocycles. The second-order valence-corrected chi connectivity index (χ2v) is 5.01. The number of nitrogens with zero attached hydrogens (tertiary/aromatic N) is 2. The lowest BCUT2D eigenvalue weighted by atomic mass is 10.2. The number of carbonyl (C=O) groups is 2. The highest BCUT2D eigenvalue weighted by Crippen LogP contribution is 2.18. The van der Waals surface area contributed by atoms with Gasteiger partial charge < -0.3 is 14.7 Å². The van der Waals surface area contributed by atoms with Crippen LogP contribution in [-0.2, 0) is 9.53 Å². The molecule has 1 atom stereocenters. The molecule has 2 amide bonds. The molecule has 2 rings (SSSR count). The number of rotatable bonds is 3. The molecule has 0 spiro atoms. The van der Waals surface area contributed by atoms with Crippen molar-refractivity contribution in [2.45, 2.75) is 20.0 Å². The lowest BCUT2D eigenvalue weighted by Gasteiger charge is -2.34. The Bertz CT molecular complexity index is 515. The molecule has 1 fully saturated rings. The highest BCUT2D eigenvalue weighted by Gasteiger charge is 2.31. The third-order valence-corrected chi connectivity index (χ3v) is 3.51. The van der Waals surface area contributed by atoms with Crippen LogP contribution in [0.1, 0.15) is 12.5 Å². The number of morpholine rings is 1. The first-order valence-corrected chi connectivity index (χ1v) is 7.00. The molecule has 1 aromatic carbocycles. The van der Waals surface area contributed by atoms with E-state index in [-0.39, 0.29) is 19.2 Å². The maximum absolute atomic E-state index is 12.6. The summed E-state index contributed by atoms with van der Waals surface area (Å²) in [6.45, 7) is 5.14. The van der Waals surface area contributed by atoms with Gasteiger partial charge in [0.25, 0.3) is 0 Å². The minimum atomic E-state index is -1.04. The van der Waals surface area contributed by atoms with Gasteiger partial charge in [-0.15, -0.1) is 0 Å². The van der Waals surface area contributed by atoms with Gasteiger partial charge in [0.1, 0.15) is 0 Å². The number of aliphatic carboxylic acids is 1. The van der Waals surface area contributed by atoms with Crippen LogP contribution in [0.4, 0.5) is 10.5 Å². The van der Waals surface area contributed by atoms with Crippen LogP contribution in [0.25, 0.3) is 0 Å². The lowest BCUT2D eigenvalue weighted by Crippen LogP contribution is -2.53. The average molecular weight is 292 g/mol. The van der Waals surface area contributed by atoms with Crippen LogP contribution < -0.4 is 4.90 Å². The first-order valence-electron chi connectivity index (χ1n) is 7.00. The molecule has 21 heavy (non-hydrogen) atoms. The fourth-order valence-corrected chi connectivity index (χ4v) is 2.30. The summed E-state index contributed by atoms with van der Waals surface area (Å²) in [4.78, 5) is 26.8. The van der Waals surface area contributed by atoms with E-state index >= 15 is 0 Å². The van der Waals surface area contributed by atoms with Crippen molar-refractivity contribution in [2.24, 2.45) is 0 Å². The lowest BCUT2D eigenvalue weighted by molar-refractivity contribution is -0.154. The molecule has 0 aromatic heterocycles. The summed E-state index contributed by atoms with van der Waals surface area (Å²) in [6.07, 6.45) is -0.945. The highest BCUT2D eigenvalue weighted by atomic mass is 16.5. The number of hydrogen-bond acceptors (Lipinski definition) is 3. The normalized spacial score (nSPS) is 18.4. The Morgan fingerprint density at radius 3 is 2.62 bits per heavy atom. The van der Waals surface area contributed by atoms with Crippen molar-refractivity contribution < 1.29 is 19.4 Å². The van der Waals surface area contributed by atoms with E-state index in [1.165, 1.54) is 4.90 Å². The van der Waals surface area contributed by atoms with Gasteiger partial charge in [0, 0.05) is 18.8 Å². The summed E-state index contributed by atoms with van der Waals surface area (Å²) in [5.74, 6) is -1.04. The zero-order valence-corrected chi connectivity index (χ0v) is 12.3. The van der Waals surface area contributed by atoms with Gasteiger partial charge in [-0.2, -0.15) is 0 Å². The third-order valence-electron chi connectivity index (χ3n) is 3.51. The molecule has 6 heteroatoms. The smallest absolute Gasteiger partial charge is 0.334 e. The Balaban J connectivity index is 2.12. The highest BCUT2D eigenvalue weighted by molar-refractivity contribution is 5.92. The van der Waals surface area contributed by atoms with Crippen molar-refractivity contribution >= 4 is 17.7 Å². The number of hydrogen-bond donors (Lipinski definition) is 1. The number of ether oxygens (including phenoxy) is 1. The first-order chi connectivity index (χ1) is 10.0. The van der Waals surface area contributed by atoms with Crippen LogP contribution in [0.5, 0.6) is 0 Å². The number of benzene rings is 1. The predicted molar refractivity (Wildman–Crippen MR) is 78.5 cm³/mol. The molecule has 0 radical (unpaired) electrons. The summed E-state index contributed by atoms with van der Waals surface area (Å²) >= 11 is 0. The zero-order valence-electron chi connectivity index (χ0n) is 12.3. The number of carboxylic acids is 1. The van der Waals surface area contributed by atoms with Crippen LogP contribution in [0.2, 0.25) is 0 Å². The van der Waals surface area contributed by atoms with E-state index in [2.05, 4.69) is 0 Å². The topological polar surface area (TPSA) is 70.1 Å². The maximum atomic E-state index is 12.6. The Labute approximate surface area is 123 Å². The van der Waals surface area contributed by atoms with Crippen LogP contribution in [0.15, 0.2) is 24.3 Å². The van der Waals surface area contributed by atoms with Crippen molar-refractivity contribution in [1.29, 1.82) is 0 Å². The molecule has 6 nitrogen and oxygen atoms in total. The summed E-state index contributed by atoms with van der Waals surface area (Å²) in [5, 5.41) is 9.00. The first kappa shape index (κ1) is 15.3. The van der Waals surface area contributed by atoms with E-state index in [1.54, 1.807) is 4.90 Å². The fraction of sp³-hybridized carbons (Fsp3) is 0.467. The standard InChI is InChI=1S/C15H20N2O4/c1-3-17(12-6-4-11(2)5-7-12)15(20)16-8-9-21-13(10-16)14(18)19/h4-7,13H,3,8-10H2,1-2H3,(H,18,19). The largest absolute Gasteiger partial charge is 0.479 e. The van der Waals surface area contributed by atoms with Gasteiger partial charge in [0.2, 0.25) is 0 Å². The average Bonchev–Trinajstić information content (AvgIpc) is 2.50. The molecular weight excluding hydrogens is 272 g/mol. The van der Waals surface area contributed by atoms with Gasteiger partial charge in [-0.1, -0.05) is 17.7 Å². The zero-order chi connectivity index (χ0) is 15.4. The number of carbonyl (C=O) groups excluding carboxylic acids is 1. The van der Waals surface area contributed by atoms with Crippen LogP contribution >= 0.6 is 0 Å². The number of carboxylic acid groups (broad SMARTS) is 1. The van der Waals surface area contributed by atoms with E-state index < -0.39 is 12.1 Å². The molecule has 1 heterocycles. The van der Waals surface area contributed by atoms with Crippen molar-refractivity contribution in [1.82, 2.24) is 4.90 Å². The molecule has 0 aliphatic carbocycles. The second kappa shape index (κ2) is 6.58. The quantitative estimate of drug-likeness (QED) is 0.921. The van der Waals surface area contributed by atoms with E-state index in [4.69, 9.17) is 9.84 Å². The summed E-state index contributed by atoms with van der Waals surface area (Å²) in [6, 6.07) is 7.50. The summed E-state index contributed by atoms with van der Waals surface area (Å²) in [7, 11) is 0. The Kier molecular flexibility index (Phi) is 4.80. The number of aryl methyl sites for hydroxylation is 1. The van der Waals surface area contributed by atoms with Gasteiger partial charge >= 0.3 is 12.0 Å². The molecule has 1 aromatic rings. The van der Waals surface area contributed by atoms with Gasteiger partial charge in [-0.25, -0.2) is 9.59 Å². The van der Waals surface area contributed by atoms with Crippen molar-refractivity contribution in [3.63, 3.8) is 0 Å². The van der Waals surface area contributed by atoms with Crippen molar-refractivity contribution in [3.05, 3.63) is 29.8 Å². The van der Waals surface area contributed by atoms with Gasteiger partial charge in [-0.05, 0) is 26.0 Å². The SMILES string of the molecule is CCN(C(=O)N1CCOC(C(=O)O)C1)c1ccc(C)cc1. The Morgan fingerprint density at radius 2 is 2.05 bits per heavy atom. The monoisotopic (exact) mass is 292 g/mol. The number of amides is 2. The second-order valence-electron chi connectivity index (χ2n) is 5.01. The molecular formula is C15H20N2O4. The van der Waals surface area contributed by atoms with Crippen LogP contribution in [0.3, 0.4) is 0 Å². The maximum Gasteiger partial charge on any atom is 0.334 e. The van der Waals surface area contributed by atoms with E-state index in [1.807, 2.05) is 38.1 Å². The predicted octanol–water partition coefficient (Wildman–Crippen LogP) is 1.73. The molecule has 1 aliphatic rings. The van der Waals surface area contributed by atoms with Crippen molar-refractivity contribution in [3.8, 4) is 0 Å². The van der Waals surface area contributed by atoms with Gasteiger partial charge in [-0.3, -0.25) is 4.90 Å². The summed E-state index contributed by atoms with van der Waals surface area (Å²) < 4.78 is 5.14. The molecule has 1 aliphatic heterocycles. The number of anilines is 1. The van der Waals surface area contributed by atoms with E-state index in [9.17, 15) is 9.59 Å². The Morgan fingerprint density at radius 1 is 1.38 bits per heavy atom. The molecule has 1 saturated heterocycles. The van der Waals surface area contributed by atoms with Gasteiger partial charge in [0.15, 0.2) is 6.10 Å². The molecule has 114 valence electrons. The minimum Gasteiger partial charge on any atom is -0.479 e. The van der Waals surface area contributed by atoms with Gasteiger partial charge in [0.05, 0.1) is 13.2 Å². The number of urea groups is 1. The van der Waals surface area contributed by atoms with Crippen LogP contribution in [-0.4, -0.2) is 54.4 Å². The molecule has 0 bridgehead atoms. The molecule has 1 unspecified atom stereocenters. The van der Waals surface area contributed by atoms with E-state index in [0.717, 1.165) is 11.3 Å². The summed E-state index contributed by atoms with van der Waals surface area (Å²) in [5.41, 5.74) is 1.94. The van der Waals surface area contributed by atoms with Crippen molar-refractivity contribution in [2.75, 3.05) is 31.1 Å². The fourth-order valence-electron chi connectivity index (χ4n) is 2.30. The minimum absolute atomic E-state index is 0.0799. The third kappa shape index (κ3) is 3.52.